The molecule has 1 atom stereocenters. The van der Waals surface area contributed by atoms with E-state index in [0.717, 1.165) is 0 Å². The van der Waals surface area contributed by atoms with Crippen LogP contribution in [-0.4, -0.2) is 4.89 Å². The second-order valence-electron chi connectivity index (χ2n) is 0.720. The Kier molecular flexibility index (Phi) is 3.49. The van der Waals surface area contributed by atoms with Gasteiger partial charge in [0.25, 0.3) is 0 Å². The highest BCUT2D eigenvalue weighted by Gasteiger charge is 1.79. The van der Waals surface area contributed by atoms with Gasteiger partial charge in [-0.25, -0.2) is 4.57 Å². The molecule has 0 aromatic rings. The highest BCUT2D eigenvalue weighted by molar-refractivity contribution is 7.32. The van der Waals surface area contributed by atoms with Crippen molar-refractivity contribution in [3.8, 4) is 12.0 Å². The van der Waals surface area contributed by atoms with Crippen LogP contribution in [0.25, 0.3) is 0 Å². The van der Waals surface area contributed by atoms with Crippen molar-refractivity contribution in [3.63, 3.8) is 0 Å². The van der Waals surface area contributed by atoms with Gasteiger partial charge >= 0.3 is 8.25 Å². The van der Waals surface area contributed by atoms with E-state index in [1.807, 2.05) is 6.11 Å². The maximum Gasteiger partial charge on any atom is 0.373 e. The topological polar surface area (TPSA) is 46.5 Å². The first-order chi connectivity index (χ1) is 3.27. The maximum atomic E-state index is 9.62. The van der Waals surface area contributed by atoms with Gasteiger partial charge in [0, 0.05) is 6.92 Å². The van der Waals surface area contributed by atoms with Crippen molar-refractivity contribution in [2.75, 3.05) is 0 Å². The van der Waals surface area contributed by atoms with Crippen molar-refractivity contribution in [2.45, 2.75) is 6.92 Å². The van der Waals surface area contributed by atoms with E-state index in [1.54, 1.807) is 0 Å². The minimum atomic E-state index is -2.82. The Hall–Kier alpha value is -0.450. The van der Waals surface area contributed by atoms with Crippen molar-refractivity contribution in [1.29, 1.82) is 0 Å². The van der Waals surface area contributed by atoms with Crippen molar-refractivity contribution >= 4 is 8.25 Å². The third kappa shape index (κ3) is 5.55. The quantitative estimate of drug-likeness (QED) is 0.401. The zero-order valence-corrected chi connectivity index (χ0v) is 4.76. The molecule has 0 saturated carbocycles. The van der Waals surface area contributed by atoms with Crippen LogP contribution in [-0.2, 0) is 9.09 Å². The summed E-state index contributed by atoms with van der Waals surface area (Å²) in [6, 6.07) is 0. The van der Waals surface area contributed by atoms with Crippen LogP contribution in [0.2, 0.25) is 0 Å². The van der Waals surface area contributed by atoms with Gasteiger partial charge in [-0.2, -0.15) is 0 Å². The number of hydrogen-bond acceptors (Lipinski definition) is 2. The average Bonchev–Trinajstić information content (AvgIpc) is 1.61. The fourth-order valence-electron chi connectivity index (χ4n) is 0.0947. The summed E-state index contributed by atoms with van der Waals surface area (Å²) in [4.78, 5) is 7.91. The molecular formula is C3H5O3P. The van der Waals surface area contributed by atoms with E-state index in [4.69, 9.17) is 4.89 Å². The summed E-state index contributed by atoms with van der Waals surface area (Å²) < 4.78 is 13.6. The molecule has 0 fully saturated rings. The normalized spacial score (nSPS) is 11.1. The minimum Gasteiger partial charge on any atom is -0.373 e. The van der Waals surface area contributed by atoms with Crippen molar-refractivity contribution < 1.29 is 14.0 Å². The van der Waals surface area contributed by atoms with Gasteiger partial charge in [0.05, 0.1) is 0 Å². The molecule has 0 amide bonds. The second kappa shape index (κ2) is 3.73. The first kappa shape index (κ1) is 6.55. The molecule has 7 heavy (non-hydrogen) atoms. The molecule has 40 valence electrons. The fourth-order valence-corrected chi connectivity index (χ4v) is 0.284. The molecule has 1 N–H and O–H groups in total. The van der Waals surface area contributed by atoms with E-state index in [1.165, 1.54) is 6.92 Å². The lowest BCUT2D eigenvalue weighted by atomic mass is 10.8. The van der Waals surface area contributed by atoms with Crippen LogP contribution < -0.4 is 0 Å². The molecule has 0 aliphatic rings. The summed E-state index contributed by atoms with van der Waals surface area (Å²) in [7, 11) is -2.82. The second-order valence-corrected chi connectivity index (χ2v) is 1.46. The van der Waals surface area contributed by atoms with Gasteiger partial charge in [0.2, 0.25) is 0 Å². The Morgan fingerprint density at radius 3 is 2.57 bits per heavy atom. The molecule has 0 aromatic carbocycles. The first-order valence-electron chi connectivity index (χ1n) is 1.59. The van der Waals surface area contributed by atoms with Crippen LogP contribution in [0.15, 0.2) is 0 Å². The van der Waals surface area contributed by atoms with E-state index in [9.17, 15) is 4.57 Å². The molecule has 0 radical (unpaired) electrons. The molecule has 0 heterocycles. The molecule has 0 aliphatic heterocycles. The molecular weight excluding hydrogens is 115 g/mol. The molecule has 1 unspecified atom stereocenters. The highest BCUT2D eigenvalue weighted by Crippen LogP contribution is 2.11. The van der Waals surface area contributed by atoms with Crippen LogP contribution in [0.5, 0.6) is 0 Å². The van der Waals surface area contributed by atoms with E-state index in [2.05, 4.69) is 10.4 Å². The molecule has 0 rings (SSSR count). The summed E-state index contributed by atoms with van der Waals surface area (Å²) in [5.41, 5.74) is 0. The molecule has 0 bridgehead atoms. The van der Waals surface area contributed by atoms with Crippen LogP contribution in [0.3, 0.4) is 0 Å². The summed E-state index contributed by atoms with van der Waals surface area (Å²) in [6.07, 6.45) is 1.98. The third-order valence-electron chi connectivity index (χ3n) is 0.240. The Balaban J connectivity index is 3.26. The molecule has 0 spiro atoms. The molecule has 0 aromatic heterocycles. The van der Waals surface area contributed by atoms with E-state index >= 15 is 0 Å². The molecule has 0 saturated heterocycles. The average molecular weight is 120 g/mol. The van der Waals surface area contributed by atoms with Gasteiger partial charge in [-0.3, -0.25) is 0 Å². The van der Waals surface area contributed by atoms with Crippen molar-refractivity contribution in [3.05, 3.63) is 0 Å². The smallest absolute Gasteiger partial charge is 0.373 e. The SMILES string of the molecule is CC#CO[PH](=O)O. The fraction of sp³-hybridized carbons (Fsp3) is 0.333. The van der Waals surface area contributed by atoms with Gasteiger partial charge in [0.15, 0.2) is 0 Å². The Bertz CT molecular complexity index is 120. The summed E-state index contributed by atoms with van der Waals surface area (Å²) in [5, 5.41) is 0. The number of hydrogen-bond donors (Lipinski definition) is 1. The summed E-state index contributed by atoms with van der Waals surface area (Å²) >= 11 is 0. The maximum absolute atomic E-state index is 9.62. The Morgan fingerprint density at radius 1 is 1.86 bits per heavy atom. The summed E-state index contributed by atoms with van der Waals surface area (Å²) in [6.45, 7) is 1.52. The third-order valence-corrected chi connectivity index (χ3v) is 0.517. The van der Waals surface area contributed by atoms with Crippen LogP contribution in [0.4, 0.5) is 0 Å². The van der Waals surface area contributed by atoms with Gasteiger partial charge < -0.3 is 9.42 Å². The lowest BCUT2D eigenvalue weighted by Crippen LogP contribution is -1.59. The Labute approximate surface area is 42.3 Å². The van der Waals surface area contributed by atoms with Gasteiger partial charge in [-0.05, 0) is 0 Å². The van der Waals surface area contributed by atoms with E-state index in [0.29, 0.717) is 0 Å². The summed E-state index contributed by atoms with van der Waals surface area (Å²) in [5.74, 6) is 2.29. The van der Waals surface area contributed by atoms with E-state index < -0.39 is 8.25 Å². The zero-order chi connectivity index (χ0) is 5.70. The predicted molar refractivity (Wildman–Crippen MR) is 25.8 cm³/mol. The number of rotatable bonds is 1. The van der Waals surface area contributed by atoms with Crippen LogP contribution >= 0.6 is 8.25 Å². The van der Waals surface area contributed by atoms with Crippen LogP contribution in [0, 0.1) is 12.0 Å². The zero-order valence-electron chi connectivity index (χ0n) is 3.76. The molecule has 4 heteroatoms. The lowest BCUT2D eigenvalue weighted by Gasteiger charge is -1.81. The van der Waals surface area contributed by atoms with Crippen molar-refractivity contribution in [1.82, 2.24) is 0 Å². The predicted octanol–water partition coefficient (Wildman–Crippen LogP) is 0.366. The minimum absolute atomic E-state index is 1.52. The van der Waals surface area contributed by atoms with Crippen molar-refractivity contribution in [2.24, 2.45) is 0 Å². The van der Waals surface area contributed by atoms with Gasteiger partial charge in [-0.15, -0.1) is 0 Å². The highest BCUT2D eigenvalue weighted by atomic mass is 31.1. The largest absolute Gasteiger partial charge is 0.373 e. The van der Waals surface area contributed by atoms with Gasteiger partial charge in [-0.1, -0.05) is 5.92 Å². The molecule has 3 nitrogen and oxygen atoms in total. The molecule has 0 aliphatic carbocycles. The van der Waals surface area contributed by atoms with Gasteiger partial charge in [0.1, 0.15) is 6.11 Å². The van der Waals surface area contributed by atoms with Crippen LogP contribution in [0.1, 0.15) is 6.92 Å². The monoisotopic (exact) mass is 120 g/mol. The standard InChI is InChI=1S/C3H5O3P/c1-2-3-6-7(4)5/h7H,1H3,(H,4,5). The van der Waals surface area contributed by atoms with E-state index in [-0.39, 0.29) is 0 Å². The lowest BCUT2D eigenvalue weighted by molar-refractivity contribution is 0.394. The first-order valence-corrected chi connectivity index (χ1v) is 2.85. The Morgan fingerprint density at radius 2 is 2.43 bits per heavy atom.